The summed E-state index contributed by atoms with van der Waals surface area (Å²) in [7, 11) is 0. The van der Waals surface area contributed by atoms with Crippen molar-refractivity contribution >= 4 is 58.2 Å². The highest BCUT2D eigenvalue weighted by atomic mass is 35.5. The van der Waals surface area contributed by atoms with Crippen molar-refractivity contribution in [2.75, 3.05) is 10.2 Å². The van der Waals surface area contributed by atoms with Crippen LogP contribution in [0.2, 0.25) is 10.0 Å². The monoisotopic (exact) mass is 468 g/mol. The number of benzene rings is 3. The summed E-state index contributed by atoms with van der Waals surface area (Å²) in [6.07, 6.45) is 0. The molecule has 0 spiro atoms. The van der Waals surface area contributed by atoms with Gasteiger partial charge in [0.2, 0.25) is 0 Å². The third-order valence-corrected chi connectivity index (χ3v) is 6.57. The summed E-state index contributed by atoms with van der Waals surface area (Å²) in [5.41, 5.74) is 3.30. The van der Waals surface area contributed by atoms with E-state index in [0.717, 1.165) is 26.6 Å². The molecule has 7 heteroatoms. The van der Waals surface area contributed by atoms with Crippen molar-refractivity contribution in [1.82, 2.24) is 0 Å². The average Bonchev–Trinajstić information content (AvgIpc) is 2.94. The zero-order chi connectivity index (χ0) is 22.1. The third kappa shape index (κ3) is 4.35. The summed E-state index contributed by atoms with van der Waals surface area (Å²) in [4.78, 5) is 29.0. The standard InChI is InChI=1S/C24H18Cl2N2O2S/c1-14-11-15(2)13-16(12-14)27-21-22(31-17-7-4-3-5-8-17)24(30)28(23(21)29)19-10-6-9-18(25)20(19)26/h3-13,27H,1-2H3. The van der Waals surface area contributed by atoms with Gasteiger partial charge in [0.15, 0.2) is 0 Å². The molecule has 1 aliphatic heterocycles. The average molecular weight is 469 g/mol. The molecule has 0 aromatic heterocycles. The Balaban J connectivity index is 1.79. The Morgan fingerprint density at radius 3 is 2.19 bits per heavy atom. The minimum absolute atomic E-state index is 0.155. The lowest BCUT2D eigenvalue weighted by molar-refractivity contribution is -0.120. The third-order valence-electron chi connectivity index (χ3n) is 4.67. The van der Waals surface area contributed by atoms with E-state index in [2.05, 4.69) is 5.32 Å². The quantitative estimate of drug-likeness (QED) is 0.428. The fourth-order valence-electron chi connectivity index (χ4n) is 3.40. The van der Waals surface area contributed by atoms with Gasteiger partial charge in [-0.2, -0.15) is 0 Å². The van der Waals surface area contributed by atoms with E-state index >= 15 is 0 Å². The molecule has 0 unspecified atom stereocenters. The molecule has 0 bridgehead atoms. The van der Waals surface area contributed by atoms with Crippen LogP contribution in [0.15, 0.2) is 82.2 Å². The molecule has 1 N–H and O–H groups in total. The molecule has 3 aromatic carbocycles. The number of thioether (sulfide) groups is 1. The van der Waals surface area contributed by atoms with Crippen molar-refractivity contribution in [3.8, 4) is 0 Å². The zero-order valence-corrected chi connectivity index (χ0v) is 19.1. The van der Waals surface area contributed by atoms with Crippen molar-refractivity contribution in [3.05, 3.63) is 98.5 Å². The summed E-state index contributed by atoms with van der Waals surface area (Å²) in [6.45, 7) is 3.96. The van der Waals surface area contributed by atoms with Crippen LogP contribution in [0, 0.1) is 13.8 Å². The molecule has 0 radical (unpaired) electrons. The number of hydrogen-bond donors (Lipinski definition) is 1. The van der Waals surface area contributed by atoms with E-state index in [-0.39, 0.29) is 21.4 Å². The number of halogens is 2. The Kier molecular flexibility index (Phi) is 6.10. The number of aryl methyl sites for hydroxylation is 2. The maximum Gasteiger partial charge on any atom is 0.283 e. The lowest BCUT2D eigenvalue weighted by atomic mass is 10.1. The van der Waals surface area contributed by atoms with Gasteiger partial charge >= 0.3 is 0 Å². The highest BCUT2D eigenvalue weighted by Crippen LogP contribution is 2.41. The summed E-state index contributed by atoms with van der Waals surface area (Å²) in [5.74, 6) is -0.929. The molecule has 2 amide bonds. The van der Waals surface area contributed by atoms with Crippen molar-refractivity contribution in [3.63, 3.8) is 0 Å². The SMILES string of the molecule is Cc1cc(C)cc(NC2=C(Sc3ccccc3)C(=O)N(c3cccc(Cl)c3Cl)C2=O)c1. The van der Waals surface area contributed by atoms with E-state index in [0.29, 0.717) is 4.91 Å². The summed E-state index contributed by atoms with van der Waals surface area (Å²) >= 11 is 13.7. The summed E-state index contributed by atoms with van der Waals surface area (Å²) in [6, 6.07) is 20.2. The molecule has 4 rings (SSSR count). The van der Waals surface area contributed by atoms with Crippen molar-refractivity contribution < 1.29 is 9.59 Å². The van der Waals surface area contributed by atoms with Crippen molar-refractivity contribution in [1.29, 1.82) is 0 Å². The maximum absolute atomic E-state index is 13.4. The van der Waals surface area contributed by atoms with Crippen LogP contribution in [0.3, 0.4) is 0 Å². The van der Waals surface area contributed by atoms with Gasteiger partial charge in [-0.1, -0.05) is 65.3 Å². The minimum atomic E-state index is -0.480. The molecule has 0 aliphatic carbocycles. The lowest BCUT2D eigenvalue weighted by Gasteiger charge is -2.17. The molecular weight excluding hydrogens is 451 g/mol. The second kappa shape index (κ2) is 8.79. The van der Waals surface area contributed by atoms with E-state index in [1.165, 1.54) is 11.8 Å². The number of anilines is 2. The minimum Gasteiger partial charge on any atom is -0.350 e. The first kappa shape index (κ1) is 21.5. The van der Waals surface area contributed by atoms with Crippen LogP contribution in [0.1, 0.15) is 11.1 Å². The van der Waals surface area contributed by atoms with Gasteiger partial charge in [0.1, 0.15) is 10.6 Å². The number of amides is 2. The van der Waals surface area contributed by atoms with Gasteiger partial charge < -0.3 is 5.32 Å². The van der Waals surface area contributed by atoms with Gasteiger partial charge in [0.05, 0.1) is 15.7 Å². The first-order valence-electron chi connectivity index (χ1n) is 9.50. The van der Waals surface area contributed by atoms with E-state index in [9.17, 15) is 9.59 Å². The second-order valence-corrected chi connectivity index (χ2v) is 9.01. The molecule has 4 nitrogen and oxygen atoms in total. The Hall–Kier alpha value is -2.73. The molecule has 0 fully saturated rings. The summed E-state index contributed by atoms with van der Waals surface area (Å²) in [5, 5.41) is 3.60. The largest absolute Gasteiger partial charge is 0.350 e. The van der Waals surface area contributed by atoms with Crippen LogP contribution in [0.4, 0.5) is 11.4 Å². The van der Waals surface area contributed by atoms with Gasteiger partial charge in [-0.3, -0.25) is 9.59 Å². The first-order chi connectivity index (χ1) is 14.8. The molecule has 1 heterocycles. The normalized spacial score (nSPS) is 13.9. The van der Waals surface area contributed by atoms with Crippen LogP contribution in [-0.4, -0.2) is 11.8 Å². The molecule has 0 atom stereocenters. The molecule has 0 saturated carbocycles. The fourth-order valence-corrected chi connectivity index (χ4v) is 4.72. The van der Waals surface area contributed by atoms with Crippen molar-refractivity contribution in [2.24, 2.45) is 0 Å². The Labute approximate surface area is 194 Å². The number of nitrogens with zero attached hydrogens (tertiary/aromatic N) is 1. The fraction of sp³-hybridized carbons (Fsp3) is 0.0833. The van der Waals surface area contributed by atoms with E-state index in [1.807, 2.05) is 62.4 Å². The van der Waals surface area contributed by atoms with Gasteiger partial charge in [0, 0.05) is 10.6 Å². The molecule has 31 heavy (non-hydrogen) atoms. The summed E-state index contributed by atoms with van der Waals surface area (Å²) < 4.78 is 0. The van der Waals surface area contributed by atoms with Gasteiger partial charge in [-0.05, 0) is 61.4 Å². The van der Waals surface area contributed by atoms with Crippen molar-refractivity contribution in [2.45, 2.75) is 18.7 Å². The van der Waals surface area contributed by atoms with E-state index in [1.54, 1.807) is 18.2 Å². The first-order valence-corrected chi connectivity index (χ1v) is 11.1. The van der Waals surface area contributed by atoms with Crippen LogP contribution in [0.25, 0.3) is 0 Å². The Bertz CT molecular complexity index is 1210. The Morgan fingerprint density at radius 2 is 1.52 bits per heavy atom. The molecule has 156 valence electrons. The predicted octanol–water partition coefficient (Wildman–Crippen LogP) is 6.60. The van der Waals surface area contributed by atoms with E-state index < -0.39 is 11.8 Å². The zero-order valence-electron chi connectivity index (χ0n) is 16.8. The molecular formula is C24H18Cl2N2O2S. The maximum atomic E-state index is 13.4. The highest BCUT2D eigenvalue weighted by molar-refractivity contribution is 8.04. The van der Waals surface area contributed by atoms with Crippen LogP contribution < -0.4 is 10.2 Å². The predicted molar refractivity (Wildman–Crippen MR) is 128 cm³/mol. The Morgan fingerprint density at radius 1 is 0.839 bits per heavy atom. The molecule has 3 aromatic rings. The second-order valence-electron chi connectivity index (χ2n) is 7.14. The van der Waals surface area contributed by atoms with Crippen LogP contribution in [0.5, 0.6) is 0 Å². The molecule has 0 saturated heterocycles. The van der Waals surface area contributed by atoms with E-state index in [4.69, 9.17) is 23.2 Å². The topological polar surface area (TPSA) is 49.4 Å². The van der Waals surface area contributed by atoms with Crippen LogP contribution >= 0.6 is 35.0 Å². The van der Waals surface area contributed by atoms with Gasteiger partial charge in [0.25, 0.3) is 11.8 Å². The highest BCUT2D eigenvalue weighted by Gasteiger charge is 2.41. The number of carbonyl (C=O) groups is 2. The van der Waals surface area contributed by atoms with Gasteiger partial charge in [-0.25, -0.2) is 4.90 Å². The molecule has 1 aliphatic rings. The van der Waals surface area contributed by atoms with Crippen LogP contribution in [-0.2, 0) is 9.59 Å². The number of rotatable bonds is 5. The number of carbonyl (C=O) groups excluding carboxylic acids is 2. The van der Waals surface area contributed by atoms with Gasteiger partial charge in [-0.15, -0.1) is 0 Å². The number of hydrogen-bond acceptors (Lipinski definition) is 4. The smallest absolute Gasteiger partial charge is 0.283 e. The number of imide groups is 1. The number of nitrogens with one attached hydrogen (secondary N) is 1. The lowest BCUT2D eigenvalue weighted by Crippen LogP contribution is -2.32.